The standard InChI is InChI=1S/C20H13BrFN3O3/c21-16-11-10-15(27-16)18(26)23-17(12-6-8-14(22)9-7-12)20-25-24-19(28-20)13-4-2-1-3-5-13/h1-11,17H,(H,23,26)/t17-/m1/s1. The van der Waals surface area contributed by atoms with Crippen molar-refractivity contribution in [3.05, 3.63) is 94.4 Å². The quantitative estimate of drug-likeness (QED) is 0.483. The molecule has 28 heavy (non-hydrogen) atoms. The Hall–Kier alpha value is -3.26. The Morgan fingerprint density at radius 1 is 0.964 bits per heavy atom. The van der Waals surface area contributed by atoms with Gasteiger partial charge < -0.3 is 14.2 Å². The molecule has 8 heteroatoms. The maximum Gasteiger partial charge on any atom is 0.287 e. The minimum atomic E-state index is -0.776. The summed E-state index contributed by atoms with van der Waals surface area (Å²) in [7, 11) is 0. The summed E-state index contributed by atoms with van der Waals surface area (Å²) >= 11 is 3.16. The number of benzene rings is 2. The first-order chi connectivity index (χ1) is 13.6. The fraction of sp³-hybridized carbons (Fsp3) is 0.0500. The highest BCUT2D eigenvalue weighted by molar-refractivity contribution is 9.10. The predicted molar refractivity (Wildman–Crippen MR) is 102 cm³/mol. The average molecular weight is 442 g/mol. The maximum atomic E-state index is 13.3. The van der Waals surface area contributed by atoms with Gasteiger partial charge in [0.05, 0.1) is 0 Å². The second-order valence-electron chi connectivity index (χ2n) is 5.87. The smallest absolute Gasteiger partial charge is 0.287 e. The molecule has 4 rings (SSSR count). The summed E-state index contributed by atoms with van der Waals surface area (Å²) in [5, 5.41) is 10.9. The van der Waals surface area contributed by atoms with Crippen molar-refractivity contribution < 1.29 is 18.0 Å². The van der Waals surface area contributed by atoms with Crippen LogP contribution in [0, 0.1) is 5.82 Å². The number of aromatic nitrogens is 2. The van der Waals surface area contributed by atoms with E-state index in [1.165, 1.54) is 18.2 Å². The topological polar surface area (TPSA) is 81.2 Å². The third kappa shape index (κ3) is 3.86. The number of carbonyl (C=O) groups is 1. The highest BCUT2D eigenvalue weighted by Gasteiger charge is 2.25. The number of furan rings is 1. The summed E-state index contributed by atoms with van der Waals surface area (Å²) in [6.45, 7) is 0. The first-order valence-corrected chi connectivity index (χ1v) is 9.10. The molecule has 0 saturated heterocycles. The minimum absolute atomic E-state index is 0.113. The Kier molecular flexibility index (Phi) is 5.03. The lowest BCUT2D eigenvalue weighted by Crippen LogP contribution is -2.29. The number of nitrogens with zero attached hydrogens (tertiary/aromatic N) is 2. The van der Waals surface area contributed by atoms with Gasteiger partial charge in [-0.1, -0.05) is 30.3 Å². The molecule has 1 atom stereocenters. The van der Waals surface area contributed by atoms with E-state index in [-0.39, 0.29) is 17.5 Å². The number of rotatable bonds is 5. The van der Waals surface area contributed by atoms with E-state index in [1.807, 2.05) is 30.3 Å². The van der Waals surface area contributed by atoms with E-state index in [0.717, 1.165) is 5.56 Å². The Morgan fingerprint density at radius 3 is 2.39 bits per heavy atom. The van der Waals surface area contributed by atoms with Crippen molar-refractivity contribution in [3.8, 4) is 11.5 Å². The summed E-state index contributed by atoms with van der Waals surface area (Å²) in [5.74, 6) is -0.261. The van der Waals surface area contributed by atoms with Crippen LogP contribution in [-0.4, -0.2) is 16.1 Å². The van der Waals surface area contributed by atoms with Crippen LogP contribution in [0.15, 0.2) is 80.2 Å². The third-order valence-electron chi connectivity index (χ3n) is 3.98. The molecule has 0 aliphatic heterocycles. The predicted octanol–water partition coefficient (Wildman–Crippen LogP) is 4.75. The van der Waals surface area contributed by atoms with Crippen molar-refractivity contribution in [2.75, 3.05) is 0 Å². The third-order valence-corrected chi connectivity index (χ3v) is 4.41. The maximum absolute atomic E-state index is 13.3. The van der Waals surface area contributed by atoms with E-state index in [4.69, 9.17) is 8.83 Å². The molecule has 2 heterocycles. The number of nitrogens with one attached hydrogen (secondary N) is 1. The van der Waals surface area contributed by atoms with Gasteiger partial charge in [-0.05, 0) is 57.9 Å². The average Bonchev–Trinajstić information content (AvgIpc) is 3.37. The Bertz CT molecular complexity index is 1090. The molecule has 1 amide bonds. The highest BCUT2D eigenvalue weighted by atomic mass is 79.9. The molecule has 2 aromatic heterocycles. The summed E-state index contributed by atoms with van der Waals surface area (Å²) in [5.41, 5.74) is 1.34. The van der Waals surface area contributed by atoms with Crippen LogP contribution >= 0.6 is 15.9 Å². The van der Waals surface area contributed by atoms with Crippen molar-refractivity contribution in [1.82, 2.24) is 15.5 Å². The molecule has 0 spiro atoms. The van der Waals surface area contributed by atoms with Crippen LogP contribution in [0.3, 0.4) is 0 Å². The number of hydrogen-bond acceptors (Lipinski definition) is 5. The normalized spacial score (nSPS) is 11.9. The van der Waals surface area contributed by atoms with Gasteiger partial charge in [-0.2, -0.15) is 0 Å². The van der Waals surface area contributed by atoms with E-state index < -0.39 is 11.9 Å². The number of halogens is 2. The van der Waals surface area contributed by atoms with Gasteiger partial charge in [0.2, 0.25) is 11.8 Å². The minimum Gasteiger partial charge on any atom is -0.444 e. The van der Waals surface area contributed by atoms with Crippen LogP contribution in [0.25, 0.3) is 11.5 Å². The van der Waals surface area contributed by atoms with E-state index in [9.17, 15) is 9.18 Å². The first kappa shape index (κ1) is 18.1. The van der Waals surface area contributed by atoms with Gasteiger partial charge in [0.15, 0.2) is 10.4 Å². The SMILES string of the molecule is O=C(N[C@H](c1ccc(F)cc1)c1nnc(-c2ccccc2)o1)c1ccc(Br)o1. The van der Waals surface area contributed by atoms with Crippen molar-refractivity contribution in [2.24, 2.45) is 0 Å². The number of amides is 1. The molecule has 4 aromatic rings. The van der Waals surface area contributed by atoms with E-state index in [0.29, 0.717) is 16.1 Å². The van der Waals surface area contributed by atoms with Crippen LogP contribution in [0.1, 0.15) is 28.1 Å². The first-order valence-electron chi connectivity index (χ1n) is 8.30. The molecule has 1 N–H and O–H groups in total. The second-order valence-corrected chi connectivity index (χ2v) is 6.65. The lowest BCUT2D eigenvalue weighted by Gasteiger charge is -2.15. The number of carbonyl (C=O) groups excluding carboxylic acids is 1. The summed E-state index contributed by atoms with van der Waals surface area (Å²) in [4.78, 5) is 12.6. The van der Waals surface area contributed by atoms with E-state index in [1.54, 1.807) is 18.2 Å². The Morgan fingerprint density at radius 2 is 1.71 bits per heavy atom. The zero-order chi connectivity index (χ0) is 19.5. The zero-order valence-corrected chi connectivity index (χ0v) is 15.9. The summed E-state index contributed by atoms with van der Waals surface area (Å²) in [6.07, 6.45) is 0. The molecule has 0 saturated carbocycles. The molecule has 140 valence electrons. The summed E-state index contributed by atoms with van der Waals surface area (Å²) < 4.78 is 24.9. The van der Waals surface area contributed by atoms with Gasteiger partial charge in [-0.25, -0.2) is 4.39 Å². The van der Waals surface area contributed by atoms with Gasteiger partial charge in [-0.15, -0.1) is 10.2 Å². The van der Waals surface area contributed by atoms with E-state index >= 15 is 0 Å². The monoisotopic (exact) mass is 441 g/mol. The van der Waals surface area contributed by atoms with Crippen LogP contribution in [-0.2, 0) is 0 Å². The molecule has 0 aliphatic rings. The molecule has 2 aromatic carbocycles. The molecular formula is C20H13BrFN3O3. The largest absolute Gasteiger partial charge is 0.444 e. The van der Waals surface area contributed by atoms with Crippen molar-refractivity contribution in [2.45, 2.75) is 6.04 Å². The van der Waals surface area contributed by atoms with Gasteiger partial charge in [0, 0.05) is 5.56 Å². The molecule has 0 fully saturated rings. The Balaban J connectivity index is 1.68. The van der Waals surface area contributed by atoms with Crippen LogP contribution < -0.4 is 5.32 Å². The molecule has 6 nitrogen and oxygen atoms in total. The number of hydrogen-bond donors (Lipinski definition) is 1. The molecule has 0 aliphatic carbocycles. The molecular weight excluding hydrogens is 429 g/mol. The molecule has 0 bridgehead atoms. The van der Waals surface area contributed by atoms with Crippen LogP contribution in [0.2, 0.25) is 0 Å². The molecule has 0 unspecified atom stereocenters. The van der Waals surface area contributed by atoms with Crippen molar-refractivity contribution in [1.29, 1.82) is 0 Å². The fourth-order valence-electron chi connectivity index (χ4n) is 2.63. The van der Waals surface area contributed by atoms with Crippen molar-refractivity contribution >= 4 is 21.8 Å². The molecule has 0 radical (unpaired) electrons. The van der Waals surface area contributed by atoms with E-state index in [2.05, 4.69) is 31.4 Å². The lowest BCUT2D eigenvalue weighted by atomic mass is 10.1. The fourth-order valence-corrected chi connectivity index (χ4v) is 2.94. The lowest BCUT2D eigenvalue weighted by molar-refractivity contribution is 0.0908. The van der Waals surface area contributed by atoms with Gasteiger partial charge in [0.1, 0.15) is 11.9 Å². The summed E-state index contributed by atoms with van der Waals surface area (Å²) in [6, 6.07) is 17.3. The highest BCUT2D eigenvalue weighted by Crippen LogP contribution is 2.26. The second kappa shape index (κ2) is 7.77. The van der Waals surface area contributed by atoms with Crippen LogP contribution in [0.5, 0.6) is 0 Å². The van der Waals surface area contributed by atoms with Crippen LogP contribution in [0.4, 0.5) is 4.39 Å². The Labute approximate surface area is 167 Å². The van der Waals surface area contributed by atoms with Crippen molar-refractivity contribution in [3.63, 3.8) is 0 Å². The van der Waals surface area contributed by atoms with Gasteiger partial charge >= 0.3 is 0 Å². The van der Waals surface area contributed by atoms with Gasteiger partial charge in [0.25, 0.3) is 5.91 Å². The van der Waals surface area contributed by atoms with Gasteiger partial charge in [-0.3, -0.25) is 4.79 Å². The zero-order valence-electron chi connectivity index (χ0n) is 14.3.